The summed E-state index contributed by atoms with van der Waals surface area (Å²) in [6, 6.07) is 8.29. The minimum atomic E-state index is 0.744. The predicted octanol–water partition coefficient (Wildman–Crippen LogP) is 2.12. The molecule has 0 saturated carbocycles. The van der Waals surface area contributed by atoms with Crippen molar-refractivity contribution in [1.82, 2.24) is 14.7 Å². The van der Waals surface area contributed by atoms with E-state index in [0.717, 1.165) is 32.0 Å². The molecule has 0 atom stereocenters. The summed E-state index contributed by atoms with van der Waals surface area (Å²) in [4.78, 5) is 2.41. The van der Waals surface area contributed by atoms with Crippen molar-refractivity contribution in [1.29, 1.82) is 0 Å². The van der Waals surface area contributed by atoms with Gasteiger partial charge in [-0.05, 0) is 18.6 Å². The summed E-state index contributed by atoms with van der Waals surface area (Å²) in [7, 11) is 2.00. The van der Waals surface area contributed by atoms with Crippen LogP contribution < -0.4 is 4.74 Å². The molecule has 0 fully saturated rings. The monoisotopic (exact) mass is 257 g/mol. The van der Waals surface area contributed by atoms with Crippen LogP contribution in [0.1, 0.15) is 16.8 Å². The summed E-state index contributed by atoms with van der Waals surface area (Å²) in [5.74, 6) is 1.02. The van der Waals surface area contributed by atoms with E-state index in [2.05, 4.69) is 29.1 Å². The lowest BCUT2D eigenvalue weighted by Crippen LogP contribution is -2.26. The lowest BCUT2D eigenvalue weighted by atomic mass is 10.2. The molecule has 0 N–H and O–H groups in total. The van der Waals surface area contributed by atoms with E-state index >= 15 is 0 Å². The fourth-order valence-electron chi connectivity index (χ4n) is 2.53. The van der Waals surface area contributed by atoms with Crippen LogP contribution in [0.15, 0.2) is 30.5 Å². The number of nitrogens with zero attached hydrogens (tertiary/aromatic N) is 3. The van der Waals surface area contributed by atoms with Crippen molar-refractivity contribution < 1.29 is 4.74 Å². The number of aromatic nitrogens is 2. The molecule has 1 aromatic heterocycles. The molecule has 2 aromatic rings. The standard InChI is InChI=1S/C15H19N3O/c1-12-9-16-17(2)14(12)11-18-7-8-19-15-6-4-3-5-13(15)10-18/h3-6,9H,7-8,10-11H2,1-2H3. The Kier molecular flexibility index (Phi) is 3.25. The van der Waals surface area contributed by atoms with Gasteiger partial charge in [0.25, 0.3) is 0 Å². The average Bonchev–Trinajstić information content (AvgIpc) is 2.64. The third-order valence-electron chi connectivity index (χ3n) is 3.68. The van der Waals surface area contributed by atoms with Gasteiger partial charge in [0, 0.05) is 32.2 Å². The van der Waals surface area contributed by atoms with Crippen LogP contribution in [-0.2, 0) is 20.1 Å². The van der Waals surface area contributed by atoms with Gasteiger partial charge in [-0.3, -0.25) is 9.58 Å². The summed E-state index contributed by atoms with van der Waals surface area (Å²) in [5, 5.41) is 4.31. The zero-order valence-electron chi connectivity index (χ0n) is 11.5. The number of aryl methyl sites for hydroxylation is 2. The number of fused-ring (bicyclic) bond motifs is 1. The minimum absolute atomic E-state index is 0.744. The van der Waals surface area contributed by atoms with Gasteiger partial charge in [0.05, 0.1) is 11.9 Å². The van der Waals surface area contributed by atoms with Crippen molar-refractivity contribution in [2.24, 2.45) is 7.05 Å². The number of hydrogen-bond acceptors (Lipinski definition) is 3. The Hall–Kier alpha value is -1.81. The largest absolute Gasteiger partial charge is 0.492 e. The Morgan fingerprint density at radius 2 is 2.16 bits per heavy atom. The van der Waals surface area contributed by atoms with Gasteiger partial charge in [-0.25, -0.2) is 0 Å². The Morgan fingerprint density at radius 1 is 1.32 bits per heavy atom. The number of ether oxygens (including phenoxy) is 1. The molecule has 0 amide bonds. The highest BCUT2D eigenvalue weighted by Crippen LogP contribution is 2.23. The number of hydrogen-bond donors (Lipinski definition) is 0. The molecule has 1 aliphatic rings. The molecule has 4 heteroatoms. The summed E-state index contributed by atoms with van der Waals surface area (Å²) in [6.45, 7) is 5.65. The van der Waals surface area contributed by atoms with Gasteiger partial charge in [-0.15, -0.1) is 0 Å². The van der Waals surface area contributed by atoms with Crippen molar-refractivity contribution in [3.63, 3.8) is 0 Å². The van der Waals surface area contributed by atoms with Crippen LogP contribution in [0.5, 0.6) is 5.75 Å². The Labute approximate surface area is 113 Å². The van der Waals surface area contributed by atoms with Crippen LogP contribution in [0.2, 0.25) is 0 Å². The SMILES string of the molecule is Cc1cnn(C)c1CN1CCOc2ccccc2C1. The van der Waals surface area contributed by atoms with Crippen molar-refractivity contribution in [3.8, 4) is 5.75 Å². The zero-order valence-corrected chi connectivity index (χ0v) is 11.5. The van der Waals surface area contributed by atoms with Crippen LogP contribution in [0, 0.1) is 6.92 Å². The van der Waals surface area contributed by atoms with Crippen molar-refractivity contribution >= 4 is 0 Å². The maximum Gasteiger partial charge on any atom is 0.123 e. The lowest BCUT2D eigenvalue weighted by molar-refractivity contribution is 0.215. The van der Waals surface area contributed by atoms with Gasteiger partial charge in [-0.1, -0.05) is 18.2 Å². The van der Waals surface area contributed by atoms with E-state index in [1.807, 2.05) is 30.1 Å². The zero-order chi connectivity index (χ0) is 13.2. The predicted molar refractivity (Wildman–Crippen MR) is 74.0 cm³/mol. The summed E-state index contributed by atoms with van der Waals surface area (Å²) >= 11 is 0. The average molecular weight is 257 g/mol. The molecule has 3 rings (SSSR count). The molecule has 100 valence electrons. The first-order valence-corrected chi connectivity index (χ1v) is 6.64. The van der Waals surface area contributed by atoms with E-state index < -0.39 is 0 Å². The number of benzene rings is 1. The second kappa shape index (κ2) is 5.05. The molecule has 0 unspecified atom stereocenters. The maximum atomic E-state index is 5.79. The van der Waals surface area contributed by atoms with E-state index in [0.29, 0.717) is 0 Å². The lowest BCUT2D eigenvalue weighted by Gasteiger charge is -2.19. The van der Waals surface area contributed by atoms with Crippen LogP contribution in [0.4, 0.5) is 0 Å². The Bertz CT molecular complexity index is 557. The van der Waals surface area contributed by atoms with E-state index in [1.165, 1.54) is 16.8 Å². The first-order chi connectivity index (χ1) is 9.24. The molecule has 0 aliphatic carbocycles. The minimum Gasteiger partial charge on any atom is -0.492 e. The van der Waals surface area contributed by atoms with E-state index in [9.17, 15) is 0 Å². The van der Waals surface area contributed by atoms with Gasteiger partial charge in [0.2, 0.25) is 0 Å². The summed E-state index contributed by atoms with van der Waals surface area (Å²) in [6.07, 6.45) is 1.93. The molecule has 0 radical (unpaired) electrons. The van der Waals surface area contributed by atoms with Crippen LogP contribution in [-0.4, -0.2) is 27.8 Å². The highest BCUT2D eigenvalue weighted by molar-refractivity contribution is 5.33. The highest BCUT2D eigenvalue weighted by Gasteiger charge is 2.17. The van der Waals surface area contributed by atoms with Crippen molar-refractivity contribution in [2.45, 2.75) is 20.0 Å². The summed E-state index contributed by atoms with van der Waals surface area (Å²) < 4.78 is 7.76. The van der Waals surface area contributed by atoms with Crippen LogP contribution in [0.3, 0.4) is 0 Å². The van der Waals surface area contributed by atoms with Gasteiger partial charge < -0.3 is 4.74 Å². The third kappa shape index (κ3) is 2.49. The first-order valence-electron chi connectivity index (χ1n) is 6.64. The molecule has 1 aromatic carbocycles. The van der Waals surface area contributed by atoms with Gasteiger partial charge in [-0.2, -0.15) is 5.10 Å². The number of para-hydroxylation sites is 1. The quantitative estimate of drug-likeness (QED) is 0.825. The normalized spacial score (nSPS) is 15.7. The van der Waals surface area contributed by atoms with Crippen molar-refractivity contribution in [3.05, 3.63) is 47.3 Å². The van der Waals surface area contributed by atoms with Gasteiger partial charge >= 0.3 is 0 Å². The molecule has 0 saturated heterocycles. The van der Waals surface area contributed by atoms with Crippen LogP contribution >= 0.6 is 0 Å². The fourth-order valence-corrected chi connectivity index (χ4v) is 2.53. The fraction of sp³-hybridized carbons (Fsp3) is 0.400. The highest BCUT2D eigenvalue weighted by atomic mass is 16.5. The molecule has 0 bridgehead atoms. The molecule has 19 heavy (non-hydrogen) atoms. The van der Waals surface area contributed by atoms with Crippen molar-refractivity contribution in [2.75, 3.05) is 13.2 Å². The summed E-state index contributed by atoms with van der Waals surface area (Å²) in [5.41, 5.74) is 3.79. The van der Waals surface area contributed by atoms with E-state index in [1.54, 1.807) is 0 Å². The number of rotatable bonds is 2. The Morgan fingerprint density at radius 3 is 2.95 bits per heavy atom. The Balaban J connectivity index is 1.80. The first kappa shape index (κ1) is 12.2. The smallest absolute Gasteiger partial charge is 0.123 e. The van der Waals surface area contributed by atoms with E-state index in [-0.39, 0.29) is 0 Å². The van der Waals surface area contributed by atoms with Crippen LogP contribution in [0.25, 0.3) is 0 Å². The molecule has 1 aliphatic heterocycles. The van der Waals surface area contributed by atoms with Gasteiger partial charge in [0.1, 0.15) is 12.4 Å². The second-order valence-corrected chi connectivity index (χ2v) is 5.06. The molecular formula is C15H19N3O. The maximum absolute atomic E-state index is 5.79. The second-order valence-electron chi connectivity index (χ2n) is 5.06. The topological polar surface area (TPSA) is 30.3 Å². The van der Waals surface area contributed by atoms with E-state index in [4.69, 9.17) is 4.74 Å². The molecule has 0 spiro atoms. The third-order valence-corrected chi connectivity index (χ3v) is 3.68. The van der Waals surface area contributed by atoms with Gasteiger partial charge in [0.15, 0.2) is 0 Å². The molecule has 2 heterocycles. The molecular weight excluding hydrogens is 238 g/mol. The molecule has 4 nitrogen and oxygen atoms in total.